The average molecular weight is 303 g/mol. The summed E-state index contributed by atoms with van der Waals surface area (Å²) in [5, 5.41) is 3.69. The van der Waals surface area contributed by atoms with Crippen molar-refractivity contribution in [1.29, 1.82) is 0 Å². The molecule has 5 heteroatoms. The van der Waals surface area contributed by atoms with Crippen molar-refractivity contribution >= 4 is 23.5 Å². The maximum atomic E-state index is 14.3. The third-order valence-corrected chi connectivity index (χ3v) is 6.70. The number of rotatable bonds is 3. The second-order valence-corrected chi connectivity index (χ2v) is 7.54. The summed E-state index contributed by atoms with van der Waals surface area (Å²) in [5.74, 6) is 1.28. The molecule has 2 rings (SSSR count). The van der Waals surface area contributed by atoms with Crippen LogP contribution >= 0.6 is 23.5 Å². The van der Waals surface area contributed by atoms with Crippen LogP contribution in [0.4, 0.5) is 8.78 Å². The number of hydrogen-bond acceptors (Lipinski definition) is 3. The first-order valence-electron chi connectivity index (χ1n) is 6.41. The monoisotopic (exact) mass is 303 g/mol. The van der Waals surface area contributed by atoms with Crippen LogP contribution in [0.5, 0.6) is 0 Å². The fraction of sp³-hybridized carbons (Fsp3) is 0.571. The lowest BCUT2D eigenvalue weighted by molar-refractivity contribution is 0.475. The van der Waals surface area contributed by atoms with E-state index in [1.54, 1.807) is 25.7 Å². The normalized spacial score (nSPS) is 25.3. The minimum atomic E-state index is -0.453. The second kappa shape index (κ2) is 6.46. The minimum Gasteiger partial charge on any atom is -0.312 e. The van der Waals surface area contributed by atoms with Crippen molar-refractivity contribution in [3.63, 3.8) is 0 Å². The molecule has 1 saturated heterocycles. The van der Waals surface area contributed by atoms with Crippen molar-refractivity contribution in [3.05, 3.63) is 34.9 Å². The van der Waals surface area contributed by atoms with Gasteiger partial charge in [0.2, 0.25) is 0 Å². The Morgan fingerprint density at radius 3 is 2.58 bits per heavy atom. The molecule has 1 N–H and O–H groups in total. The Kier molecular flexibility index (Phi) is 5.15. The highest BCUT2D eigenvalue weighted by molar-refractivity contribution is 8.07. The molecule has 1 heterocycles. The van der Waals surface area contributed by atoms with Crippen LogP contribution in [0.1, 0.15) is 24.1 Å². The molecule has 1 aliphatic heterocycles. The van der Waals surface area contributed by atoms with Gasteiger partial charge in [0, 0.05) is 27.6 Å². The molecule has 0 spiro atoms. The Labute approximate surface area is 121 Å². The van der Waals surface area contributed by atoms with Gasteiger partial charge in [0.25, 0.3) is 0 Å². The van der Waals surface area contributed by atoms with Crippen LogP contribution in [0.25, 0.3) is 0 Å². The molecule has 19 heavy (non-hydrogen) atoms. The van der Waals surface area contributed by atoms with E-state index >= 15 is 0 Å². The molecule has 1 fully saturated rings. The van der Waals surface area contributed by atoms with Gasteiger partial charge >= 0.3 is 0 Å². The van der Waals surface area contributed by atoms with E-state index < -0.39 is 11.6 Å². The third-order valence-electron chi connectivity index (χ3n) is 3.51. The predicted octanol–water partition coefficient (Wildman–Crippen LogP) is 3.77. The van der Waals surface area contributed by atoms with Crippen LogP contribution in [0, 0.1) is 18.6 Å². The van der Waals surface area contributed by atoms with Gasteiger partial charge in [-0.15, -0.1) is 0 Å². The number of benzene rings is 1. The molecule has 0 amide bonds. The molecule has 0 aliphatic carbocycles. The fourth-order valence-corrected chi connectivity index (χ4v) is 5.42. The molecule has 1 aromatic carbocycles. The number of aryl methyl sites for hydroxylation is 1. The van der Waals surface area contributed by atoms with Crippen molar-refractivity contribution in [2.24, 2.45) is 0 Å². The summed E-state index contributed by atoms with van der Waals surface area (Å²) < 4.78 is 28.3. The maximum Gasteiger partial charge on any atom is 0.133 e. The van der Waals surface area contributed by atoms with Gasteiger partial charge in [0.05, 0.1) is 6.04 Å². The van der Waals surface area contributed by atoms with Crippen LogP contribution < -0.4 is 5.32 Å². The summed E-state index contributed by atoms with van der Waals surface area (Å²) in [4.78, 5) is 0. The Balaban J connectivity index is 2.39. The quantitative estimate of drug-likeness (QED) is 0.913. The first-order valence-corrected chi connectivity index (χ1v) is 8.51. The van der Waals surface area contributed by atoms with E-state index in [0.29, 0.717) is 10.8 Å². The zero-order valence-corrected chi connectivity index (χ0v) is 13.0. The zero-order valence-electron chi connectivity index (χ0n) is 11.4. The van der Waals surface area contributed by atoms with Gasteiger partial charge in [0.15, 0.2) is 0 Å². The molecular weight excluding hydrogens is 284 g/mol. The molecule has 1 aliphatic rings. The molecule has 1 aromatic rings. The van der Waals surface area contributed by atoms with Gasteiger partial charge in [0.1, 0.15) is 11.6 Å². The van der Waals surface area contributed by atoms with Gasteiger partial charge < -0.3 is 5.32 Å². The lowest BCUT2D eigenvalue weighted by atomic mass is 9.98. The van der Waals surface area contributed by atoms with Gasteiger partial charge in [-0.25, -0.2) is 8.78 Å². The van der Waals surface area contributed by atoms with E-state index in [9.17, 15) is 8.78 Å². The summed E-state index contributed by atoms with van der Waals surface area (Å²) in [5.41, 5.74) is 0.687. The molecule has 0 bridgehead atoms. The molecule has 0 aromatic heterocycles. The van der Waals surface area contributed by atoms with E-state index in [2.05, 4.69) is 12.2 Å². The third kappa shape index (κ3) is 3.09. The Hall–Kier alpha value is -0.260. The van der Waals surface area contributed by atoms with E-state index in [1.807, 2.05) is 11.8 Å². The van der Waals surface area contributed by atoms with E-state index in [4.69, 9.17) is 0 Å². The van der Waals surface area contributed by atoms with Gasteiger partial charge in [-0.05, 0) is 25.6 Å². The Bertz CT molecular complexity index is 453. The highest BCUT2D eigenvalue weighted by Gasteiger charge is 2.34. The molecule has 3 unspecified atom stereocenters. The summed E-state index contributed by atoms with van der Waals surface area (Å²) >= 11 is 3.68. The topological polar surface area (TPSA) is 12.0 Å². The van der Waals surface area contributed by atoms with Crippen LogP contribution in [-0.2, 0) is 0 Å². The number of nitrogens with one attached hydrogen (secondary N) is 1. The zero-order chi connectivity index (χ0) is 14.0. The minimum absolute atomic E-state index is 0.189. The van der Waals surface area contributed by atoms with E-state index in [-0.39, 0.29) is 16.9 Å². The summed E-state index contributed by atoms with van der Waals surface area (Å²) in [7, 11) is 1.78. The fourth-order valence-electron chi connectivity index (χ4n) is 2.45. The van der Waals surface area contributed by atoms with Crippen molar-refractivity contribution in [1.82, 2.24) is 5.32 Å². The first kappa shape index (κ1) is 15.1. The van der Waals surface area contributed by atoms with Gasteiger partial charge in [-0.3, -0.25) is 0 Å². The molecule has 1 nitrogen and oxygen atoms in total. The van der Waals surface area contributed by atoms with Crippen LogP contribution in [-0.4, -0.2) is 29.1 Å². The summed E-state index contributed by atoms with van der Waals surface area (Å²) in [6.45, 7) is 3.81. The number of halogens is 2. The molecule has 3 atom stereocenters. The van der Waals surface area contributed by atoms with Crippen molar-refractivity contribution in [3.8, 4) is 0 Å². The Morgan fingerprint density at radius 2 is 1.95 bits per heavy atom. The van der Waals surface area contributed by atoms with Crippen LogP contribution in [0.2, 0.25) is 0 Å². The maximum absolute atomic E-state index is 14.3. The first-order chi connectivity index (χ1) is 9.06. The predicted molar refractivity (Wildman–Crippen MR) is 81.1 cm³/mol. The Morgan fingerprint density at radius 1 is 1.26 bits per heavy atom. The number of hydrogen-bond donors (Lipinski definition) is 1. The van der Waals surface area contributed by atoms with Crippen LogP contribution in [0.15, 0.2) is 12.1 Å². The molecule has 106 valence electrons. The molecular formula is C14H19F2NS2. The van der Waals surface area contributed by atoms with Crippen molar-refractivity contribution < 1.29 is 8.78 Å². The van der Waals surface area contributed by atoms with E-state index in [1.165, 1.54) is 12.1 Å². The largest absolute Gasteiger partial charge is 0.312 e. The second-order valence-electron chi connectivity index (χ2n) is 4.77. The SMILES string of the molecule is CNC(c1c(F)ccc(C)c1F)C1SCCSC1C. The van der Waals surface area contributed by atoms with Crippen molar-refractivity contribution in [2.75, 3.05) is 18.6 Å². The van der Waals surface area contributed by atoms with E-state index in [0.717, 1.165) is 11.5 Å². The van der Waals surface area contributed by atoms with Crippen molar-refractivity contribution in [2.45, 2.75) is 30.4 Å². The summed E-state index contributed by atoms with van der Waals surface area (Å²) in [6, 6.07) is 2.57. The standard InChI is InChI=1S/C14H19F2NS2/c1-8-4-5-10(15)11(12(8)16)13(17-3)14-9(2)18-6-7-19-14/h4-5,9,13-14,17H,6-7H2,1-3H3. The van der Waals surface area contributed by atoms with Crippen LogP contribution in [0.3, 0.4) is 0 Å². The smallest absolute Gasteiger partial charge is 0.133 e. The lowest BCUT2D eigenvalue weighted by Crippen LogP contribution is -2.37. The van der Waals surface area contributed by atoms with Gasteiger partial charge in [-0.1, -0.05) is 13.0 Å². The summed E-state index contributed by atoms with van der Waals surface area (Å²) in [6.07, 6.45) is 0. The average Bonchev–Trinajstić information content (AvgIpc) is 2.40. The lowest BCUT2D eigenvalue weighted by Gasteiger charge is -2.35. The highest BCUT2D eigenvalue weighted by Crippen LogP contribution is 2.40. The highest BCUT2D eigenvalue weighted by atomic mass is 32.2. The number of thioether (sulfide) groups is 2. The molecule has 0 radical (unpaired) electrons. The molecule has 0 saturated carbocycles. The van der Waals surface area contributed by atoms with Gasteiger partial charge in [-0.2, -0.15) is 23.5 Å².